The van der Waals surface area contributed by atoms with Crippen LogP contribution >= 0.6 is 0 Å². The van der Waals surface area contributed by atoms with E-state index < -0.39 is 23.7 Å². The highest BCUT2D eigenvalue weighted by molar-refractivity contribution is 5.76. The van der Waals surface area contributed by atoms with Gasteiger partial charge in [-0.2, -0.15) is 0 Å². The quantitative estimate of drug-likeness (QED) is 0.608. The summed E-state index contributed by atoms with van der Waals surface area (Å²) in [5, 5.41) is 2.72. The number of alkyl carbamates (subject to hydrolysis) is 1. The van der Waals surface area contributed by atoms with Gasteiger partial charge in [0.2, 0.25) is 0 Å². The highest BCUT2D eigenvalue weighted by atomic mass is 16.6. The van der Waals surface area contributed by atoms with Crippen LogP contribution in [0.4, 0.5) is 4.79 Å². The van der Waals surface area contributed by atoms with Gasteiger partial charge in [0.25, 0.3) is 0 Å². The lowest BCUT2D eigenvalue weighted by molar-refractivity contribution is -0.145. The van der Waals surface area contributed by atoms with Gasteiger partial charge in [0, 0.05) is 0 Å². The molecular weight excluding hydrogens is 370 g/mol. The molecule has 1 amide bonds. The molecule has 2 N–H and O–H groups in total. The van der Waals surface area contributed by atoms with Crippen molar-refractivity contribution in [3.8, 4) is 0 Å². The highest BCUT2D eigenvalue weighted by Crippen LogP contribution is 2.20. The largest absolute Gasteiger partial charge is 0.461 e. The first-order valence-electron chi connectivity index (χ1n) is 9.44. The van der Waals surface area contributed by atoms with E-state index in [4.69, 9.17) is 9.47 Å². The number of carbonyl (C=O) groups excluding carboxylic acids is 2. The monoisotopic (exact) mass is 395 g/mol. The molecule has 0 fully saturated rings. The second kappa shape index (κ2) is 8.77. The van der Waals surface area contributed by atoms with Crippen LogP contribution in [-0.2, 0) is 20.9 Å². The SMILES string of the molecule is CC(C)(C)OC(=O)NC(CC(=O)OCc1ccccc1)c1nc2ccccc2[nH]1. The van der Waals surface area contributed by atoms with Gasteiger partial charge >= 0.3 is 12.1 Å². The third-order valence-corrected chi connectivity index (χ3v) is 4.04. The van der Waals surface area contributed by atoms with E-state index >= 15 is 0 Å². The summed E-state index contributed by atoms with van der Waals surface area (Å²) in [6.07, 6.45) is -0.704. The van der Waals surface area contributed by atoms with Gasteiger partial charge in [-0.3, -0.25) is 4.79 Å². The van der Waals surface area contributed by atoms with E-state index in [-0.39, 0.29) is 13.0 Å². The van der Waals surface area contributed by atoms with Crippen LogP contribution < -0.4 is 5.32 Å². The van der Waals surface area contributed by atoms with E-state index in [1.807, 2.05) is 54.6 Å². The summed E-state index contributed by atoms with van der Waals surface area (Å²) in [6, 6.07) is 16.2. The molecule has 152 valence electrons. The molecule has 0 bridgehead atoms. The Morgan fingerprint density at radius 3 is 2.45 bits per heavy atom. The van der Waals surface area contributed by atoms with E-state index in [9.17, 15) is 9.59 Å². The lowest BCUT2D eigenvalue weighted by Gasteiger charge is -2.22. The molecule has 29 heavy (non-hydrogen) atoms. The normalized spacial score (nSPS) is 12.4. The minimum Gasteiger partial charge on any atom is -0.461 e. The number of nitrogens with one attached hydrogen (secondary N) is 2. The van der Waals surface area contributed by atoms with Crippen LogP contribution in [0.15, 0.2) is 54.6 Å². The maximum atomic E-state index is 12.4. The number of nitrogens with zero attached hydrogens (tertiary/aromatic N) is 1. The number of ether oxygens (including phenoxy) is 2. The van der Waals surface area contributed by atoms with Crippen molar-refractivity contribution in [2.24, 2.45) is 0 Å². The molecule has 0 radical (unpaired) electrons. The third-order valence-electron chi connectivity index (χ3n) is 4.04. The maximum absolute atomic E-state index is 12.4. The minimum atomic E-state index is -0.708. The summed E-state index contributed by atoms with van der Waals surface area (Å²) in [5.41, 5.74) is 1.80. The Kier molecular flexibility index (Phi) is 6.16. The zero-order chi connectivity index (χ0) is 20.9. The Morgan fingerprint density at radius 1 is 1.07 bits per heavy atom. The van der Waals surface area contributed by atoms with Gasteiger partial charge in [0.05, 0.1) is 17.5 Å². The van der Waals surface area contributed by atoms with Crippen molar-refractivity contribution in [2.45, 2.75) is 45.4 Å². The molecule has 1 aromatic heterocycles. The lowest BCUT2D eigenvalue weighted by atomic mass is 10.2. The van der Waals surface area contributed by atoms with Crippen LogP contribution in [0.5, 0.6) is 0 Å². The molecule has 0 aliphatic rings. The first kappa shape index (κ1) is 20.4. The van der Waals surface area contributed by atoms with Gasteiger partial charge in [-0.15, -0.1) is 0 Å². The van der Waals surface area contributed by atoms with Crippen molar-refractivity contribution in [3.05, 3.63) is 66.0 Å². The van der Waals surface area contributed by atoms with Crippen LogP contribution in [0.25, 0.3) is 11.0 Å². The standard InChI is InChI=1S/C22H25N3O4/c1-22(2,3)29-21(27)25-18(20-23-16-11-7-8-12-17(16)24-20)13-19(26)28-14-15-9-5-4-6-10-15/h4-12,18H,13-14H2,1-3H3,(H,23,24)(H,25,27). The number of amides is 1. The Labute approximate surface area is 169 Å². The second-order valence-corrected chi connectivity index (χ2v) is 7.69. The summed E-state index contributed by atoms with van der Waals surface area (Å²) < 4.78 is 10.7. The average molecular weight is 395 g/mol. The summed E-state index contributed by atoms with van der Waals surface area (Å²) in [5.74, 6) is 0.0177. The van der Waals surface area contributed by atoms with Crippen LogP contribution in [0, 0.1) is 0 Å². The van der Waals surface area contributed by atoms with Crippen LogP contribution in [0.3, 0.4) is 0 Å². The van der Waals surface area contributed by atoms with Crippen LogP contribution in [-0.4, -0.2) is 27.6 Å². The summed E-state index contributed by atoms with van der Waals surface area (Å²) in [6.45, 7) is 5.49. The molecule has 0 aliphatic carbocycles. The topological polar surface area (TPSA) is 93.3 Å². The van der Waals surface area contributed by atoms with E-state index in [1.165, 1.54) is 0 Å². The van der Waals surface area contributed by atoms with E-state index in [0.29, 0.717) is 5.82 Å². The van der Waals surface area contributed by atoms with E-state index in [1.54, 1.807) is 20.8 Å². The predicted octanol–water partition coefficient (Wildman–Crippen LogP) is 4.26. The van der Waals surface area contributed by atoms with Crippen molar-refractivity contribution in [2.75, 3.05) is 0 Å². The third kappa shape index (κ3) is 6.07. The number of benzene rings is 2. The van der Waals surface area contributed by atoms with Gasteiger partial charge in [-0.1, -0.05) is 42.5 Å². The smallest absolute Gasteiger partial charge is 0.408 e. The molecule has 7 heteroatoms. The molecule has 1 unspecified atom stereocenters. The van der Waals surface area contributed by atoms with E-state index in [0.717, 1.165) is 16.6 Å². The van der Waals surface area contributed by atoms with Gasteiger partial charge < -0.3 is 19.8 Å². The number of aromatic amines is 1. The molecule has 1 heterocycles. The zero-order valence-electron chi connectivity index (χ0n) is 16.8. The number of hydrogen-bond donors (Lipinski definition) is 2. The number of esters is 1. The molecule has 3 aromatic rings. The van der Waals surface area contributed by atoms with Gasteiger partial charge in [0.1, 0.15) is 24.1 Å². The first-order chi connectivity index (χ1) is 13.8. The maximum Gasteiger partial charge on any atom is 0.408 e. The fraction of sp³-hybridized carbons (Fsp3) is 0.318. The zero-order valence-corrected chi connectivity index (χ0v) is 16.8. The molecule has 0 saturated carbocycles. The van der Waals surface area contributed by atoms with Gasteiger partial charge in [0.15, 0.2) is 0 Å². The Hall–Kier alpha value is -3.35. The fourth-order valence-corrected chi connectivity index (χ4v) is 2.77. The molecule has 7 nitrogen and oxygen atoms in total. The number of rotatable bonds is 6. The van der Waals surface area contributed by atoms with Crippen molar-refractivity contribution in [1.29, 1.82) is 0 Å². The summed E-state index contributed by atoms with van der Waals surface area (Å²) in [7, 11) is 0. The molecular formula is C22H25N3O4. The van der Waals surface area contributed by atoms with E-state index in [2.05, 4.69) is 15.3 Å². The van der Waals surface area contributed by atoms with Crippen molar-refractivity contribution in [3.63, 3.8) is 0 Å². The number of para-hydroxylation sites is 2. The predicted molar refractivity (Wildman–Crippen MR) is 109 cm³/mol. The summed E-state index contributed by atoms with van der Waals surface area (Å²) in [4.78, 5) is 32.4. The number of hydrogen-bond acceptors (Lipinski definition) is 5. The first-order valence-corrected chi connectivity index (χ1v) is 9.44. The van der Waals surface area contributed by atoms with Crippen molar-refractivity contribution < 1.29 is 19.1 Å². The minimum absolute atomic E-state index is 0.0775. The number of imidazole rings is 1. The van der Waals surface area contributed by atoms with Crippen molar-refractivity contribution >= 4 is 23.1 Å². The fourth-order valence-electron chi connectivity index (χ4n) is 2.77. The van der Waals surface area contributed by atoms with Crippen LogP contribution in [0.2, 0.25) is 0 Å². The number of fused-ring (bicyclic) bond motifs is 1. The van der Waals surface area contributed by atoms with Crippen molar-refractivity contribution in [1.82, 2.24) is 15.3 Å². The lowest BCUT2D eigenvalue weighted by Crippen LogP contribution is -2.36. The molecule has 0 aliphatic heterocycles. The number of aromatic nitrogens is 2. The Morgan fingerprint density at radius 2 is 1.76 bits per heavy atom. The molecule has 0 spiro atoms. The second-order valence-electron chi connectivity index (χ2n) is 7.69. The molecule has 2 aromatic carbocycles. The van der Waals surface area contributed by atoms with Crippen LogP contribution in [0.1, 0.15) is 44.6 Å². The highest BCUT2D eigenvalue weighted by Gasteiger charge is 2.25. The Balaban J connectivity index is 1.72. The number of H-pyrrole nitrogens is 1. The average Bonchev–Trinajstić information content (AvgIpc) is 3.09. The molecule has 3 rings (SSSR count). The molecule has 0 saturated heterocycles. The van der Waals surface area contributed by atoms with Gasteiger partial charge in [-0.05, 0) is 38.5 Å². The van der Waals surface area contributed by atoms with Gasteiger partial charge in [-0.25, -0.2) is 9.78 Å². The molecule has 1 atom stereocenters. The Bertz CT molecular complexity index is 943. The number of carbonyl (C=O) groups is 2. The summed E-state index contributed by atoms with van der Waals surface area (Å²) >= 11 is 0.